The van der Waals surface area contributed by atoms with Crippen LogP contribution in [0.1, 0.15) is 12.5 Å². The van der Waals surface area contributed by atoms with Crippen LogP contribution in [0.25, 0.3) is 0 Å². The minimum absolute atomic E-state index is 0.0608. The van der Waals surface area contributed by atoms with Crippen LogP contribution in [0, 0.1) is 11.7 Å². The van der Waals surface area contributed by atoms with Crippen molar-refractivity contribution in [3.05, 3.63) is 29.6 Å². The summed E-state index contributed by atoms with van der Waals surface area (Å²) in [5, 5.41) is 0. The first-order valence-electron chi connectivity index (χ1n) is 6.53. The van der Waals surface area contributed by atoms with Gasteiger partial charge in [-0.05, 0) is 17.7 Å². The third kappa shape index (κ3) is 4.73. The molecule has 0 spiro atoms. The molecule has 0 aliphatic heterocycles. The molecule has 0 aliphatic carbocycles. The van der Waals surface area contributed by atoms with Gasteiger partial charge in [-0.2, -0.15) is 0 Å². The molecule has 6 heteroatoms. The summed E-state index contributed by atoms with van der Waals surface area (Å²) in [6.45, 7) is 1.94. The molecule has 0 aromatic heterocycles. The zero-order valence-electron chi connectivity index (χ0n) is 12.7. The third-order valence-corrected chi connectivity index (χ3v) is 3.15. The molecule has 1 atom stereocenters. The number of carbonyl (C=O) groups is 2. The Kier molecular flexibility index (Phi) is 6.14. The third-order valence-electron chi connectivity index (χ3n) is 3.15. The number of ether oxygens (including phenoxy) is 2. The van der Waals surface area contributed by atoms with E-state index in [0.717, 1.165) is 0 Å². The first-order valence-corrected chi connectivity index (χ1v) is 6.53. The van der Waals surface area contributed by atoms with Crippen molar-refractivity contribution in [2.75, 3.05) is 27.8 Å². The maximum absolute atomic E-state index is 13.6. The highest BCUT2D eigenvalue weighted by Crippen LogP contribution is 2.18. The zero-order chi connectivity index (χ0) is 16.0. The number of halogens is 1. The number of amides is 1. The standard InChI is InChI=1S/C15H20FNO4/c1-10(15(19)21-4)9-17(2)14(18)8-11-5-6-13(20-3)12(16)7-11/h5-7,10H,8-9H2,1-4H3. The Balaban J connectivity index is 2.64. The van der Waals surface area contributed by atoms with Crippen LogP contribution in [-0.2, 0) is 20.7 Å². The molecule has 0 saturated carbocycles. The number of esters is 1. The topological polar surface area (TPSA) is 55.8 Å². The average Bonchev–Trinajstić information content (AvgIpc) is 2.46. The molecule has 0 radical (unpaired) electrons. The summed E-state index contributed by atoms with van der Waals surface area (Å²) in [6.07, 6.45) is 0.0608. The van der Waals surface area contributed by atoms with Gasteiger partial charge in [0.15, 0.2) is 11.6 Å². The van der Waals surface area contributed by atoms with Gasteiger partial charge < -0.3 is 14.4 Å². The number of rotatable bonds is 6. The predicted octanol–water partition coefficient (Wildman–Crippen LogP) is 1.64. The van der Waals surface area contributed by atoms with Crippen LogP contribution >= 0.6 is 0 Å². The van der Waals surface area contributed by atoms with Crippen molar-refractivity contribution in [2.45, 2.75) is 13.3 Å². The smallest absolute Gasteiger partial charge is 0.310 e. The van der Waals surface area contributed by atoms with E-state index in [2.05, 4.69) is 4.74 Å². The van der Waals surface area contributed by atoms with E-state index in [-0.39, 0.29) is 30.6 Å². The zero-order valence-corrected chi connectivity index (χ0v) is 12.7. The second-order valence-electron chi connectivity index (χ2n) is 4.84. The second kappa shape index (κ2) is 7.61. The van der Waals surface area contributed by atoms with Crippen LogP contribution in [0.15, 0.2) is 18.2 Å². The predicted molar refractivity (Wildman–Crippen MR) is 75.5 cm³/mol. The molecule has 1 amide bonds. The first-order chi connectivity index (χ1) is 9.88. The van der Waals surface area contributed by atoms with Gasteiger partial charge in [-0.3, -0.25) is 9.59 Å². The number of carbonyl (C=O) groups excluding carboxylic acids is 2. The minimum atomic E-state index is -0.506. The van der Waals surface area contributed by atoms with E-state index in [0.29, 0.717) is 5.56 Å². The fourth-order valence-corrected chi connectivity index (χ4v) is 1.92. The Bertz CT molecular complexity index is 518. The summed E-state index contributed by atoms with van der Waals surface area (Å²) in [7, 11) is 4.29. The van der Waals surface area contributed by atoms with Gasteiger partial charge in [-0.1, -0.05) is 13.0 Å². The van der Waals surface area contributed by atoms with Gasteiger partial charge in [0.2, 0.25) is 5.91 Å². The summed E-state index contributed by atoms with van der Waals surface area (Å²) in [6, 6.07) is 4.39. The molecule has 1 rings (SSSR count). The summed E-state index contributed by atoms with van der Waals surface area (Å²) < 4.78 is 23.0. The highest BCUT2D eigenvalue weighted by Gasteiger charge is 2.19. The lowest BCUT2D eigenvalue weighted by atomic mass is 10.1. The summed E-state index contributed by atoms with van der Waals surface area (Å²) in [5.41, 5.74) is 0.552. The van der Waals surface area contributed by atoms with Gasteiger partial charge in [-0.25, -0.2) is 4.39 Å². The molecule has 0 heterocycles. The van der Waals surface area contributed by atoms with Crippen LogP contribution in [0.3, 0.4) is 0 Å². The van der Waals surface area contributed by atoms with E-state index < -0.39 is 11.7 Å². The first kappa shape index (κ1) is 16.9. The molecule has 0 N–H and O–H groups in total. The fraction of sp³-hybridized carbons (Fsp3) is 0.467. The summed E-state index contributed by atoms with van der Waals surface area (Å²) >= 11 is 0. The van der Waals surface area contributed by atoms with Crippen LogP contribution < -0.4 is 4.74 Å². The van der Waals surface area contributed by atoms with E-state index >= 15 is 0 Å². The van der Waals surface area contributed by atoms with E-state index in [4.69, 9.17) is 4.74 Å². The average molecular weight is 297 g/mol. The molecule has 5 nitrogen and oxygen atoms in total. The molecule has 0 bridgehead atoms. The molecular formula is C15H20FNO4. The fourth-order valence-electron chi connectivity index (χ4n) is 1.92. The van der Waals surface area contributed by atoms with E-state index in [1.807, 2.05) is 0 Å². The van der Waals surface area contributed by atoms with Gasteiger partial charge in [-0.15, -0.1) is 0 Å². The molecule has 21 heavy (non-hydrogen) atoms. The molecule has 1 aromatic carbocycles. The molecule has 0 aliphatic rings. The number of nitrogens with zero attached hydrogens (tertiary/aromatic N) is 1. The molecule has 0 fully saturated rings. The van der Waals surface area contributed by atoms with Gasteiger partial charge >= 0.3 is 5.97 Å². The highest BCUT2D eigenvalue weighted by atomic mass is 19.1. The van der Waals surface area contributed by atoms with Crippen molar-refractivity contribution < 1.29 is 23.5 Å². The molecule has 1 unspecified atom stereocenters. The minimum Gasteiger partial charge on any atom is -0.494 e. The number of hydrogen-bond acceptors (Lipinski definition) is 4. The number of hydrogen-bond donors (Lipinski definition) is 0. The maximum atomic E-state index is 13.6. The van der Waals surface area contributed by atoms with Crippen LogP contribution in [0.2, 0.25) is 0 Å². The van der Waals surface area contributed by atoms with Crippen molar-refractivity contribution in [3.8, 4) is 5.75 Å². The quantitative estimate of drug-likeness (QED) is 0.749. The summed E-state index contributed by atoms with van der Waals surface area (Å²) in [5.74, 6) is -1.34. The Labute approximate surface area is 123 Å². The van der Waals surface area contributed by atoms with Gasteiger partial charge in [0.1, 0.15) is 0 Å². The normalized spacial score (nSPS) is 11.7. The van der Waals surface area contributed by atoms with Crippen molar-refractivity contribution in [1.82, 2.24) is 4.90 Å². The molecule has 0 saturated heterocycles. The maximum Gasteiger partial charge on any atom is 0.310 e. The van der Waals surface area contributed by atoms with Crippen molar-refractivity contribution in [2.24, 2.45) is 5.92 Å². The van der Waals surface area contributed by atoms with Crippen LogP contribution in [-0.4, -0.2) is 44.6 Å². The van der Waals surface area contributed by atoms with Crippen molar-refractivity contribution >= 4 is 11.9 Å². The Hall–Kier alpha value is -2.11. The van der Waals surface area contributed by atoms with E-state index in [1.54, 1.807) is 20.0 Å². The molecular weight excluding hydrogens is 277 g/mol. The lowest BCUT2D eigenvalue weighted by Gasteiger charge is -2.20. The lowest BCUT2D eigenvalue weighted by molar-refractivity contribution is -0.146. The van der Waals surface area contributed by atoms with Crippen molar-refractivity contribution in [1.29, 1.82) is 0 Å². The molecule has 1 aromatic rings. The Morgan fingerprint density at radius 2 is 2.00 bits per heavy atom. The second-order valence-corrected chi connectivity index (χ2v) is 4.84. The Morgan fingerprint density at radius 3 is 2.52 bits per heavy atom. The van der Waals surface area contributed by atoms with E-state index in [9.17, 15) is 14.0 Å². The largest absolute Gasteiger partial charge is 0.494 e. The summed E-state index contributed by atoms with van der Waals surface area (Å²) in [4.78, 5) is 24.8. The Morgan fingerprint density at radius 1 is 1.33 bits per heavy atom. The lowest BCUT2D eigenvalue weighted by Crippen LogP contribution is -2.35. The van der Waals surface area contributed by atoms with Gasteiger partial charge in [0.05, 0.1) is 26.6 Å². The SMILES string of the molecule is COC(=O)C(C)CN(C)C(=O)Cc1ccc(OC)c(F)c1. The van der Waals surface area contributed by atoms with Crippen LogP contribution in [0.5, 0.6) is 5.75 Å². The van der Waals surface area contributed by atoms with Gasteiger partial charge in [0.25, 0.3) is 0 Å². The number of methoxy groups -OCH3 is 2. The monoisotopic (exact) mass is 297 g/mol. The number of benzene rings is 1. The van der Waals surface area contributed by atoms with Crippen molar-refractivity contribution in [3.63, 3.8) is 0 Å². The van der Waals surface area contributed by atoms with E-state index in [1.165, 1.54) is 31.3 Å². The van der Waals surface area contributed by atoms with Gasteiger partial charge in [0, 0.05) is 13.6 Å². The van der Waals surface area contributed by atoms with Crippen LogP contribution in [0.4, 0.5) is 4.39 Å². The molecule has 116 valence electrons. The highest BCUT2D eigenvalue weighted by molar-refractivity contribution is 5.79. The number of likely N-dealkylation sites (N-methyl/N-ethyl adjacent to an activating group) is 1.